The van der Waals surface area contributed by atoms with Gasteiger partial charge in [0, 0.05) is 11.6 Å². The maximum absolute atomic E-state index is 12.9. The van der Waals surface area contributed by atoms with Crippen LogP contribution in [0.25, 0.3) is 6.08 Å². The fourth-order valence-corrected chi connectivity index (χ4v) is 2.73. The third-order valence-electron chi connectivity index (χ3n) is 4.45. The van der Waals surface area contributed by atoms with E-state index in [1.54, 1.807) is 18.2 Å². The number of carbonyl (C=O) groups excluding carboxylic acids is 1. The zero-order valence-corrected chi connectivity index (χ0v) is 16.1. The summed E-state index contributed by atoms with van der Waals surface area (Å²) in [5.41, 5.74) is 0.297. The average molecular weight is 416 g/mol. The molecule has 0 heterocycles. The van der Waals surface area contributed by atoms with Crippen molar-refractivity contribution in [3.05, 3.63) is 64.7 Å². The number of methoxy groups -OCH3 is 1. The molecule has 5 nitrogen and oxygen atoms in total. The molecule has 1 fully saturated rings. The van der Waals surface area contributed by atoms with Crippen LogP contribution in [-0.4, -0.2) is 19.1 Å². The molecule has 1 N–H and O–H groups in total. The molecular weight excluding hydrogens is 397 g/mol. The molecule has 8 heteroatoms. The number of halogens is 3. The average Bonchev–Trinajstić information content (AvgIpc) is 3.54. The molecule has 3 rings (SSSR count). The van der Waals surface area contributed by atoms with Crippen molar-refractivity contribution < 1.29 is 27.4 Å². The molecule has 2 aromatic rings. The Balaban J connectivity index is 1.78. The smallest absolute Gasteiger partial charge is 0.416 e. The zero-order chi connectivity index (χ0) is 21.7. The van der Waals surface area contributed by atoms with E-state index < -0.39 is 17.6 Å². The summed E-state index contributed by atoms with van der Waals surface area (Å²) in [5.74, 6) is 0.104. The highest BCUT2D eigenvalue weighted by atomic mass is 19.4. The van der Waals surface area contributed by atoms with Crippen LogP contribution < -0.4 is 14.8 Å². The highest BCUT2D eigenvalue weighted by molar-refractivity contribution is 6.02. The Morgan fingerprint density at radius 2 is 2.03 bits per heavy atom. The van der Waals surface area contributed by atoms with Crippen LogP contribution in [0.1, 0.15) is 29.5 Å². The van der Waals surface area contributed by atoms with Crippen LogP contribution in [0.2, 0.25) is 0 Å². The normalized spacial score (nSPS) is 14.0. The zero-order valence-electron chi connectivity index (χ0n) is 16.1. The van der Waals surface area contributed by atoms with E-state index in [4.69, 9.17) is 9.47 Å². The van der Waals surface area contributed by atoms with Gasteiger partial charge in [0.05, 0.1) is 12.7 Å². The molecule has 0 atom stereocenters. The van der Waals surface area contributed by atoms with Crippen LogP contribution >= 0.6 is 0 Å². The third kappa shape index (κ3) is 5.54. The molecule has 0 radical (unpaired) electrons. The number of rotatable bonds is 7. The molecule has 1 amide bonds. The van der Waals surface area contributed by atoms with Crippen molar-refractivity contribution in [2.24, 2.45) is 0 Å². The molecule has 0 spiro atoms. The standard InChI is InChI=1S/C22H19F3N2O3/c1-29-20-8-5-14(9-15(12-26)21(28)27-18-6-7-18)10-16(20)13-30-19-4-2-3-17(11-19)22(23,24)25/h2-5,8-11,18H,6-7,13H2,1H3,(H,27,28)/b15-9+. The van der Waals surface area contributed by atoms with Gasteiger partial charge >= 0.3 is 6.18 Å². The van der Waals surface area contributed by atoms with Gasteiger partial charge in [-0.05, 0) is 54.8 Å². The lowest BCUT2D eigenvalue weighted by molar-refractivity contribution is -0.137. The molecule has 0 bridgehead atoms. The first-order valence-corrected chi connectivity index (χ1v) is 9.20. The first-order valence-electron chi connectivity index (χ1n) is 9.20. The summed E-state index contributed by atoms with van der Waals surface area (Å²) in [6.45, 7) is -0.0533. The molecule has 30 heavy (non-hydrogen) atoms. The Hall–Kier alpha value is -3.47. The van der Waals surface area contributed by atoms with Crippen LogP contribution in [-0.2, 0) is 17.6 Å². The summed E-state index contributed by atoms with van der Waals surface area (Å²) in [6.07, 6.45) is -1.20. The van der Waals surface area contributed by atoms with Crippen molar-refractivity contribution in [2.45, 2.75) is 31.7 Å². The van der Waals surface area contributed by atoms with Gasteiger partial charge in [-0.1, -0.05) is 12.1 Å². The summed E-state index contributed by atoms with van der Waals surface area (Å²) in [4.78, 5) is 12.1. The number of ether oxygens (including phenoxy) is 2. The minimum Gasteiger partial charge on any atom is -0.496 e. The van der Waals surface area contributed by atoms with E-state index in [0.717, 1.165) is 25.0 Å². The van der Waals surface area contributed by atoms with E-state index in [-0.39, 0.29) is 24.0 Å². The van der Waals surface area contributed by atoms with E-state index in [2.05, 4.69) is 5.32 Å². The van der Waals surface area contributed by atoms with Crippen LogP contribution in [0, 0.1) is 11.3 Å². The largest absolute Gasteiger partial charge is 0.496 e. The fraction of sp³-hybridized carbons (Fsp3) is 0.273. The quantitative estimate of drug-likeness (QED) is 0.534. The topological polar surface area (TPSA) is 71.3 Å². The first kappa shape index (κ1) is 21.2. The second-order valence-corrected chi connectivity index (χ2v) is 6.80. The number of carbonyl (C=O) groups is 1. The predicted molar refractivity (Wildman–Crippen MR) is 104 cm³/mol. The summed E-state index contributed by atoms with van der Waals surface area (Å²) < 4.78 is 49.4. The molecule has 0 aromatic heterocycles. The molecular formula is C22H19F3N2O3. The minimum atomic E-state index is -4.46. The Morgan fingerprint density at radius 1 is 1.27 bits per heavy atom. The highest BCUT2D eigenvalue weighted by Gasteiger charge is 2.30. The first-order chi connectivity index (χ1) is 14.3. The van der Waals surface area contributed by atoms with Gasteiger partial charge in [-0.25, -0.2) is 0 Å². The number of alkyl halides is 3. The molecule has 1 aliphatic rings. The molecule has 0 unspecified atom stereocenters. The number of nitrogens with one attached hydrogen (secondary N) is 1. The van der Waals surface area contributed by atoms with Gasteiger partial charge in [0.15, 0.2) is 0 Å². The number of amides is 1. The lowest BCUT2D eigenvalue weighted by Gasteiger charge is -2.13. The van der Waals surface area contributed by atoms with E-state index >= 15 is 0 Å². The van der Waals surface area contributed by atoms with Gasteiger partial charge in [0.25, 0.3) is 5.91 Å². The molecule has 1 saturated carbocycles. The second-order valence-electron chi connectivity index (χ2n) is 6.80. The van der Waals surface area contributed by atoms with Crippen molar-refractivity contribution in [1.82, 2.24) is 5.32 Å². The van der Waals surface area contributed by atoms with Crippen molar-refractivity contribution in [3.8, 4) is 17.6 Å². The molecule has 0 saturated heterocycles. The summed E-state index contributed by atoms with van der Waals surface area (Å²) in [5, 5.41) is 12.0. The number of benzene rings is 2. The fourth-order valence-electron chi connectivity index (χ4n) is 2.73. The molecule has 1 aliphatic carbocycles. The summed E-state index contributed by atoms with van der Waals surface area (Å²) in [7, 11) is 1.46. The number of hydrogen-bond acceptors (Lipinski definition) is 4. The van der Waals surface area contributed by atoms with Gasteiger partial charge in [-0.2, -0.15) is 18.4 Å². The van der Waals surface area contributed by atoms with Gasteiger partial charge in [0.1, 0.15) is 29.7 Å². The molecule has 0 aliphatic heterocycles. The van der Waals surface area contributed by atoms with Crippen LogP contribution in [0.4, 0.5) is 13.2 Å². The Bertz CT molecular complexity index is 1010. The lowest BCUT2D eigenvalue weighted by atomic mass is 10.1. The maximum atomic E-state index is 12.9. The van der Waals surface area contributed by atoms with Crippen LogP contribution in [0.15, 0.2) is 48.0 Å². The van der Waals surface area contributed by atoms with Crippen molar-refractivity contribution in [3.63, 3.8) is 0 Å². The van der Waals surface area contributed by atoms with E-state index in [9.17, 15) is 23.2 Å². The van der Waals surface area contributed by atoms with Crippen molar-refractivity contribution in [2.75, 3.05) is 7.11 Å². The number of hydrogen-bond donors (Lipinski definition) is 1. The molecule has 156 valence electrons. The monoisotopic (exact) mass is 416 g/mol. The summed E-state index contributed by atoms with van der Waals surface area (Å²) >= 11 is 0. The Morgan fingerprint density at radius 3 is 2.67 bits per heavy atom. The van der Waals surface area contributed by atoms with E-state index in [1.807, 2.05) is 6.07 Å². The predicted octanol–water partition coefficient (Wildman–Crippen LogP) is 4.48. The lowest BCUT2D eigenvalue weighted by Crippen LogP contribution is -2.26. The van der Waals surface area contributed by atoms with Crippen LogP contribution in [0.3, 0.4) is 0 Å². The molecule has 2 aromatic carbocycles. The number of nitriles is 1. The van der Waals surface area contributed by atoms with Crippen molar-refractivity contribution in [1.29, 1.82) is 5.26 Å². The van der Waals surface area contributed by atoms with Crippen LogP contribution in [0.5, 0.6) is 11.5 Å². The van der Waals surface area contributed by atoms with Gasteiger partial charge in [0.2, 0.25) is 0 Å². The maximum Gasteiger partial charge on any atom is 0.416 e. The second kappa shape index (κ2) is 8.91. The van der Waals surface area contributed by atoms with E-state index in [1.165, 1.54) is 25.3 Å². The van der Waals surface area contributed by atoms with Gasteiger partial charge in [-0.15, -0.1) is 0 Å². The SMILES string of the molecule is COc1ccc(/C=C(\C#N)C(=O)NC2CC2)cc1COc1cccc(C(F)(F)F)c1. The highest BCUT2D eigenvalue weighted by Crippen LogP contribution is 2.32. The van der Waals surface area contributed by atoms with E-state index in [0.29, 0.717) is 16.9 Å². The summed E-state index contributed by atoms with van der Waals surface area (Å²) in [6, 6.07) is 11.6. The van der Waals surface area contributed by atoms with Crippen molar-refractivity contribution >= 4 is 12.0 Å². The number of nitrogens with zero attached hydrogens (tertiary/aromatic N) is 1. The third-order valence-corrected chi connectivity index (χ3v) is 4.45. The van der Waals surface area contributed by atoms with Gasteiger partial charge < -0.3 is 14.8 Å². The van der Waals surface area contributed by atoms with Gasteiger partial charge in [-0.3, -0.25) is 4.79 Å². The Kier molecular flexibility index (Phi) is 6.31. The Labute approximate surface area is 171 Å². The minimum absolute atomic E-state index is 0.0307.